The third-order valence-electron chi connectivity index (χ3n) is 7.47. The number of primary amides is 1. The zero-order chi connectivity index (χ0) is 29.6. The van der Waals surface area contributed by atoms with Crippen LogP contribution in [0.25, 0.3) is 0 Å². The minimum absolute atomic E-state index is 0.00492. The number of halogens is 2. The number of likely N-dealkylation sites (tertiary alicyclic amines) is 1. The van der Waals surface area contributed by atoms with Gasteiger partial charge in [-0.1, -0.05) is 12.5 Å². The maximum absolute atomic E-state index is 15.0. The molecule has 1 aromatic heterocycles. The van der Waals surface area contributed by atoms with E-state index in [1.807, 2.05) is 0 Å². The van der Waals surface area contributed by atoms with Crippen molar-refractivity contribution in [3.8, 4) is 11.5 Å². The molecule has 1 atom stereocenters. The molecule has 224 valence electrons. The Bertz CT molecular complexity index is 1450. The fraction of sp³-hybridized carbons (Fsp3) is 0.414. The number of rotatable bonds is 11. The Balaban J connectivity index is 1.46. The zero-order valence-electron chi connectivity index (χ0n) is 23.4. The molecule has 3 aromatic rings. The van der Waals surface area contributed by atoms with E-state index in [0.717, 1.165) is 31.9 Å². The minimum Gasteiger partial charge on any atom is -0.493 e. The van der Waals surface area contributed by atoms with Crippen LogP contribution in [0.4, 0.5) is 25.8 Å². The van der Waals surface area contributed by atoms with E-state index in [1.54, 1.807) is 18.3 Å². The average molecular weight is 584 g/mol. The Labute approximate surface area is 242 Å². The van der Waals surface area contributed by atoms with Crippen molar-refractivity contribution in [2.45, 2.75) is 38.3 Å². The molecule has 0 radical (unpaired) electrons. The van der Waals surface area contributed by atoms with Crippen molar-refractivity contribution in [3.05, 3.63) is 59.9 Å². The summed E-state index contributed by atoms with van der Waals surface area (Å²) >= 11 is 0. The van der Waals surface area contributed by atoms with Gasteiger partial charge in [0.2, 0.25) is 5.91 Å². The fourth-order valence-electron chi connectivity index (χ4n) is 5.45. The molecule has 42 heavy (non-hydrogen) atoms. The number of aromatic nitrogens is 2. The number of hydrogen-bond acceptors (Lipinski definition) is 8. The lowest BCUT2D eigenvalue weighted by Gasteiger charge is -2.35. The van der Waals surface area contributed by atoms with Crippen LogP contribution in [-0.4, -0.2) is 77.7 Å². The molecule has 11 nitrogen and oxygen atoms in total. The number of carbonyl (C=O) groups is 1. The summed E-state index contributed by atoms with van der Waals surface area (Å²) in [5, 5.41) is 16.8. The van der Waals surface area contributed by atoms with Gasteiger partial charge in [-0.25, -0.2) is 13.8 Å². The van der Waals surface area contributed by atoms with Gasteiger partial charge in [-0.05, 0) is 44.0 Å². The Hall–Kier alpha value is -4.23. The molecule has 1 saturated heterocycles. The van der Waals surface area contributed by atoms with Crippen LogP contribution in [0.5, 0.6) is 11.5 Å². The number of nitrogens with zero attached hydrogens (tertiary/aromatic N) is 5. The summed E-state index contributed by atoms with van der Waals surface area (Å²) in [5.74, 6) is -1.27. The number of hydrogen-bond donors (Lipinski definition) is 3. The van der Waals surface area contributed by atoms with Gasteiger partial charge in [-0.15, -0.1) is 0 Å². The lowest BCUT2D eigenvalue weighted by molar-refractivity contribution is -0.118. The summed E-state index contributed by atoms with van der Waals surface area (Å²) in [6, 6.07) is 7.84. The van der Waals surface area contributed by atoms with E-state index in [-0.39, 0.29) is 25.5 Å². The van der Waals surface area contributed by atoms with E-state index >= 15 is 0 Å². The molecule has 0 bridgehead atoms. The number of ether oxygens (including phenoxy) is 2. The monoisotopic (exact) mass is 583 g/mol. The van der Waals surface area contributed by atoms with Gasteiger partial charge in [0.15, 0.2) is 23.1 Å². The second-order valence-electron chi connectivity index (χ2n) is 10.2. The highest BCUT2D eigenvalue weighted by Gasteiger charge is 2.29. The van der Waals surface area contributed by atoms with Crippen LogP contribution in [0.1, 0.15) is 31.2 Å². The van der Waals surface area contributed by atoms with Gasteiger partial charge in [0.25, 0.3) is 0 Å². The van der Waals surface area contributed by atoms with Crippen molar-refractivity contribution in [3.63, 3.8) is 0 Å². The molecular weight excluding hydrogens is 548 g/mol. The summed E-state index contributed by atoms with van der Waals surface area (Å²) in [6.07, 6.45) is 7.10. The number of amidine groups is 1. The molecule has 0 aliphatic carbocycles. The van der Waals surface area contributed by atoms with Gasteiger partial charge in [-0.3, -0.25) is 14.4 Å². The summed E-state index contributed by atoms with van der Waals surface area (Å²) in [6.45, 7) is 2.24. The van der Waals surface area contributed by atoms with E-state index in [0.29, 0.717) is 53.5 Å². The fourth-order valence-corrected chi connectivity index (χ4v) is 5.45. The summed E-state index contributed by atoms with van der Waals surface area (Å²) < 4.78 is 42.4. The van der Waals surface area contributed by atoms with Gasteiger partial charge < -0.3 is 30.5 Å². The van der Waals surface area contributed by atoms with E-state index in [2.05, 4.69) is 15.3 Å². The number of aliphatic hydroxyl groups excluding tert-OH is 1. The average Bonchev–Trinajstić information content (AvgIpc) is 3.41. The second kappa shape index (κ2) is 13.2. The number of anilines is 2. The highest BCUT2D eigenvalue weighted by molar-refractivity contribution is 6.16. The molecular formula is C29H35F2N7O4. The van der Waals surface area contributed by atoms with Crippen LogP contribution in [0.3, 0.4) is 0 Å². The predicted molar refractivity (Wildman–Crippen MR) is 154 cm³/mol. The normalized spacial score (nSPS) is 18.0. The Morgan fingerprint density at radius 3 is 2.90 bits per heavy atom. The number of amides is 1. The third-order valence-corrected chi connectivity index (χ3v) is 7.47. The highest BCUT2D eigenvalue weighted by atomic mass is 19.2. The molecule has 2 aliphatic heterocycles. The van der Waals surface area contributed by atoms with Crippen molar-refractivity contribution in [1.29, 1.82) is 0 Å². The van der Waals surface area contributed by atoms with Gasteiger partial charge in [0.1, 0.15) is 24.7 Å². The molecule has 0 saturated carbocycles. The Morgan fingerprint density at radius 1 is 1.26 bits per heavy atom. The molecule has 2 aliphatic rings. The van der Waals surface area contributed by atoms with E-state index in [9.17, 15) is 18.7 Å². The van der Waals surface area contributed by atoms with Gasteiger partial charge in [0, 0.05) is 30.8 Å². The number of piperidine rings is 1. The summed E-state index contributed by atoms with van der Waals surface area (Å²) in [5.41, 5.74) is 6.90. The zero-order valence-corrected chi connectivity index (χ0v) is 23.4. The molecule has 13 heteroatoms. The first-order valence-corrected chi connectivity index (χ1v) is 13.9. The molecule has 1 amide bonds. The lowest BCUT2D eigenvalue weighted by Crippen LogP contribution is -2.42. The maximum Gasteiger partial charge on any atom is 0.239 e. The first kappa shape index (κ1) is 29.3. The van der Waals surface area contributed by atoms with E-state index in [1.165, 1.54) is 41.4 Å². The first-order chi connectivity index (χ1) is 20.4. The summed E-state index contributed by atoms with van der Waals surface area (Å²) in [4.78, 5) is 19.9. The van der Waals surface area contributed by atoms with Crippen LogP contribution < -0.4 is 25.4 Å². The van der Waals surface area contributed by atoms with Crippen molar-refractivity contribution < 1.29 is 28.2 Å². The number of nitrogens with two attached hydrogens (primary N) is 1. The number of benzene rings is 2. The number of carbonyl (C=O) groups excluding carboxylic acids is 1. The van der Waals surface area contributed by atoms with Crippen molar-refractivity contribution in [1.82, 2.24) is 14.7 Å². The maximum atomic E-state index is 15.0. The molecule has 0 unspecified atom stereocenters. The minimum atomic E-state index is -1.01. The molecule has 0 spiro atoms. The molecule has 1 fully saturated rings. The number of methoxy groups -OCH3 is 1. The summed E-state index contributed by atoms with van der Waals surface area (Å²) in [7, 11) is 1.53. The van der Waals surface area contributed by atoms with Gasteiger partial charge in [0.05, 0.1) is 37.5 Å². The Morgan fingerprint density at radius 2 is 2.12 bits per heavy atom. The molecule has 2 aromatic carbocycles. The van der Waals surface area contributed by atoms with E-state index < -0.39 is 17.5 Å². The Kier molecular flexibility index (Phi) is 9.18. The quantitative estimate of drug-likeness (QED) is 0.314. The first-order valence-electron chi connectivity index (χ1n) is 13.9. The topological polar surface area (TPSA) is 130 Å². The van der Waals surface area contributed by atoms with Crippen molar-refractivity contribution in [2.24, 2.45) is 10.7 Å². The molecule has 3 heterocycles. The SMILES string of the molecule is COc1cc2c(cc1OCCN1CCCC[C@H]1CCO)NCN(c1cccc(F)c1F)C2=Nc1cnn(CC(N)=O)c1. The molecule has 5 rings (SSSR count). The number of aliphatic imine (C=N–C) groups is 1. The van der Waals surface area contributed by atoms with Crippen LogP contribution in [-0.2, 0) is 11.3 Å². The smallest absolute Gasteiger partial charge is 0.239 e. The number of nitrogens with one attached hydrogen (secondary N) is 1. The van der Waals surface area contributed by atoms with Gasteiger partial charge >= 0.3 is 0 Å². The standard InChI is InChI=1S/C29H35F2N7O4/c1-41-25-13-21-23(14-26(25)42-12-10-36-9-3-2-5-20(36)8-11-39)33-18-38(24-7-4-6-22(30)28(24)31)29(21)35-19-15-34-37(16-19)17-27(32)40/h4,6-7,13-16,20,33,39H,2-3,5,8-12,17-18H2,1H3,(H2,32,40)/t20-/m0/s1. The third kappa shape index (κ3) is 6.47. The lowest BCUT2D eigenvalue weighted by atomic mass is 10.00. The van der Waals surface area contributed by atoms with Crippen molar-refractivity contribution in [2.75, 3.05) is 50.3 Å². The van der Waals surface area contributed by atoms with Crippen LogP contribution >= 0.6 is 0 Å². The van der Waals surface area contributed by atoms with Crippen LogP contribution in [0.2, 0.25) is 0 Å². The largest absolute Gasteiger partial charge is 0.493 e. The van der Waals surface area contributed by atoms with Crippen LogP contribution in [0.15, 0.2) is 47.7 Å². The number of fused-ring (bicyclic) bond motifs is 1. The predicted octanol–water partition coefficient (Wildman–Crippen LogP) is 3.24. The van der Waals surface area contributed by atoms with Crippen molar-refractivity contribution >= 4 is 28.8 Å². The van der Waals surface area contributed by atoms with E-state index in [4.69, 9.17) is 20.2 Å². The van der Waals surface area contributed by atoms with Gasteiger partial charge in [-0.2, -0.15) is 5.10 Å². The highest BCUT2D eigenvalue weighted by Crippen LogP contribution is 2.38. The van der Waals surface area contributed by atoms with Crippen LogP contribution in [0, 0.1) is 11.6 Å². The molecule has 4 N–H and O–H groups in total. The second-order valence-corrected chi connectivity index (χ2v) is 10.2. The number of aliphatic hydroxyl groups is 1.